The molecule has 0 bridgehead atoms. The molecule has 144 valence electrons. The van der Waals surface area contributed by atoms with Crippen molar-refractivity contribution in [2.24, 2.45) is 0 Å². The number of thiocarbonyl (C=S) groups is 1. The van der Waals surface area contributed by atoms with Gasteiger partial charge in [0.1, 0.15) is 5.76 Å². The summed E-state index contributed by atoms with van der Waals surface area (Å²) in [6, 6.07) is 11.5. The third kappa shape index (κ3) is 4.59. The summed E-state index contributed by atoms with van der Waals surface area (Å²) < 4.78 is 5.60. The van der Waals surface area contributed by atoms with Crippen LogP contribution in [0, 0.1) is 6.92 Å². The van der Waals surface area contributed by atoms with E-state index in [0.29, 0.717) is 16.5 Å². The number of aromatic hydroxyl groups is 1. The number of phenols is 1. The second-order valence-electron chi connectivity index (χ2n) is 5.82. The lowest BCUT2D eigenvalue weighted by Gasteiger charge is -2.10. The van der Waals surface area contributed by atoms with Crippen LogP contribution in [0.1, 0.15) is 16.1 Å². The predicted octanol–water partition coefficient (Wildman–Crippen LogP) is 6.05. The quantitative estimate of drug-likeness (QED) is 0.331. The van der Waals surface area contributed by atoms with Gasteiger partial charge in [-0.15, -0.1) is 0 Å². The molecule has 2 aromatic carbocycles. The molecular weight excluding hydrogens is 443 g/mol. The van der Waals surface area contributed by atoms with Crippen LogP contribution in [0.3, 0.4) is 0 Å². The van der Waals surface area contributed by atoms with E-state index in [1.165, 1.54) is 18.2 Å². The van der Waals surface area contributed by atoms with Crippen molar-refractivity contribution in [3.8, 4) is 17.1 Å². The number of benzene rings is 2. The van der Waals surface area contributed by atoms with E-state index in [0.717, 1.165) is 11.1 Å². The van der Waals surface area contributed by atoms with E-state index in [2.05, 4.69) is 10.6 Å². The molecule has 0 saturated heterocycles. The number of carbonyl (C=O) groups excluding carboxylic acids is 1. The van der Waals surface area contributed by atoms with Crippen LogP contribution in [0.5, 0.6) is 5.75 Å². The van der Waals surface area contributed by atoms with Gasteiger partial charge >= 0.3 is 0 Å². The fourth-order valence-corrected chi connectivity index (χ4v) is 3.20. The van der Waals surface area contributed by atoms with Gasteiger partial charge < -0.3 is 14.8 Å². The zero-order chi connectivity index (χ0) is 20.4. The highest BCUT2D eigenvalue weighted by atomic mass is 35.5. The van der Waals surface area contributed by atoms with Crippen LogP contribution in [-0.4, -0.2) is 16.1 Å². The van der Waals surface area contributed by atoms with Gasteiger partial charge in [-0.3, -0.25) is 10.1 Å². The first kappa shape index (κ1) is 20.5. The number of anilines is 1. The number of nitrogens with one attached hydrogen (secondary N) is 2. The van der Waals surface area contributed by atoms with Gasteiger partial charge in [0.15, 0.2) is 16.6 Å². The molecule has 0 aliphatic carbocycles. The summed E-state index contributed by atoms with van der Waals surface area (Å²) in [6.45, 7) is 1.90. The smallest absolute Gasteiger partial charge is 0.293 e. The van der Waals surface area contributed by atoms with Crippen molar-refractivity contribution in [2.45, 2.75) is 6.92 Å². The maximum Gasteiger partial charge on any atom is 0.293 e. The summed E-state index contributed by atoms with van der Waals surface area (Å²) in [7, 11) is 0. The minimum atomic E-state index is -0.530. The second-order valence-corrected chi connectivity index (χ2v) is 7.45. The van der Waals surface area contributed by atoms with Crippen molar-refractivity contribution < 1.29 is 14.3 Å². The number of halogens is 3. The van der Waals surface area contributed by atoms with Gasteiger partial charge in [0.05, 0.1) is 10.0 Å². The van der Waals surface area contributed by atoms with Crippen molar-refractivity contribution >= 4 is 63.7 Å². The van der Waals surface area contributed by atoms with E-state index in [1.807, 2.05) is 19.1 Å². The highest BCUT2D eigenvalue weighted by molar-refractivity contribution is 7.80. The molecule has 0 radical (unpaired) electrons. The Morgan fingerprint density at radius 3 is 2.36 bits per heavy atom. The molecule has 1 amide bonds. The fourth-order valence-electron chi connectivity index (χ4n) is 2.33. The lowest BCUT2D eigenvalue weighted by Crippen LogP contribution is -2.33. The SMILES string of the molecule is Cc1ccc(-c2ccc(C(=O)NC(=S)Nc3cc(Cl)c(O)c(Cl)c3)o2)cc1Cl. The van der Waals surface area contributed by atoms with Crippen molar-refractivity contribution in [1.29, 1.82) is 0 Å². The van der Waals surface area contributed by atoms with Crippen LogP contribution >= 0.6 is 47.0 Å². The van der Waals surface area contributed by atoms with Crippen LogP contribution in [0.2, 0.25) is 15.1 Å². The molecule has 3 aromatic rings. The molecule has 0 fully saturated rings. The Kier molecular flexibility index (Phi) is 6.15. The van der Waals surface area contributed by atoms with Gasteiger partial charge in [0.25, 0.3) is 5.91 Å². The summed E-state index contributed by atoms with van der Waals surface area (Å²) in [4.78, 5) is 12.3. The van der Waals surface area contributed by atoms with E-state index in [4.69, 9.17) is 51.4 Å². The molecule has 0 aliphatic rings. The first-order valence-electron chi connectivity index (χ1n) is 7.91. The van der Waals surface area contributed by atoms with Crippen LogP contribution in [0.25, 0.3) is 11.3 Å². The first-order chi connectivity index (χ1) is 13.2. The van der Waals surface area contributed by atoms with Gasteiger partial charge in [-0.2, -0.15) is 0 Å². The lowest BCUT2D eigenvalue weighted by atomic mass is 10.1. The number of hydrogen-bond acceptors (Lipinski definition) is 4. The van der Waals surface area contributed by atoms with Crippen molar-refractivity contribution in [1.82, 2.24) is 5.32 Å². The zero-order valence-electron chi connectivity index (χ0n) is 14.3. The molecule has 1 aromatic heterocycles. The standard InChI is InChI=1S/C19H13Cl3N2O3S/c1-9-2-3-10(6-12(9)20)15-4-5-16(27-15)18(26)24-19(28)23-11-7-13(21)17(25)14(22)8-11/h2-8,25H,1H3,(H2,23,24,26,28). The first-order valence-corrected chi connectivity index (χ1v) is 9.45. The molecule has 0 unspecified atom stereocenters. The highest BCUT2D eigenvalue weighted by Gasteiger charge is 2.15. The lowest BCUT2D eigenvalue weighted by molar-refractivity contribution is 0.0951. The monoisotopic (exact) mass is 454 g/mol. The number of rotatable bonds is 3. The molecule has 1 heterocycles. The number of aryl methyl sites for hydroxylation is 1. The third-order valence-corrected chi connectivity index (χ3v) is 4.98. The number of amides is 1. The van der Waals surface area contributed by atoms with Crippen LogP contribution < -0.4 is 10.6 Å². The molecule has 0 aliphatic heterocycles. The summed E-state index contributed by atoms with van der Waals surface area (Å²) in [5, 5.41) is 15.6. The van der Waals surface area contributed by atoms with Crippen molar-refractivity contribution in [3.63, 3.8) is 0 Å². The largest absolute Gasteiger partial charge is 0.505 e. The Hall–Kier alpha value is -2.25. The Morgan fingerprint density at radius 1 is 1.04 bits per heavy atom. The Morgan fingerprint density at radius 2 is 1.71 bits per heavy atom. The predicted molar refractivity (Wildman–Crippen MR) is 116 cm³/mol. The summed E-state index contributed by atoms with van der Waals surface area (Å²) in [5.74, 6) is -0.179. The fraction of sp³-hybridized carbons (Fsp3) is 0.0526. The molecule has 9 heteroatoms. The normalized spacial score (nSPS) is 10.6. The Balaban J connectivity index is 1.69. The molecule has 28 heavy (non-hydrogen) atoms. The van der Waals surface area contributed by atoms with E-state index >= 15 is 0 Å². The number of phenolic OH excluding ortho intramolecular Hbond substituents is 1. The molecule has 5 nitrogen and oxygen atoms in total. The van der Waals surface area contributed by atoms with Gasteiger partial charge in [-0.1, -0.05) is 46.9 Å². The van der Waals surface area contributed by atoms with E-state index < -0.39 is 5.91 Å². The molecular formula is C19H13Cl3N2O3S. The van der Waals surface area contributed by atoms with E-state index in [-0.39, 0.29) is 26.7 Å². The van der Waals surface area contributed by atoms with Crippen molar-refractivity contribution in [2.75, 3.05) is 5.32 Å². The van der Waals surface area contributed by atoms with Crippen LogP contribution in [-0.2, 0) is 0 Å². The second kappa shape index (κ2) is 8.41. The van der Waals surface area contributed by atoms with Crippen LogP contribution in [0.15, 0.2) is 46.9 Å². The zero-order valence-corrected chi connectivity index (χ0v) is 17.4. The van der Waals surface area contributed by atoms with Gasteiger partial charge in [0.2, 0.25) is 0 Å². The minimum Gasteiger partial charge on any atom is -0.505 e. The van der Waals surface area contributed by atoms with Crippen molar-refractivity contribution in [3.05, 3.63) is 68.9 Å². The van der Waals surface area contributed by atoms with Gasteiger partial charge in [0, 0.05) is 16.3 Å². The van der Waals surface area contributed by atoms with Gasteiger partial charge in [-0.05, 0) is 55.0 Å². The average molecular weight is 456 g/mol. The summed E-state index contributed by atoms with van der Waals surface area (Å²) in [5.41, 5.74) is 2.11. The molecule has 3 N–H and O–H groups in total. The molecule has 0 atom stereocenters. The third-order valence-electron chi connectivity index (χ3n) is 3.79. The number of carbonyl (C=O) groups is 1. The molecule has 0 saturated carbocycles. The van der Waals surface area contributed by atoms with E-state index in [1.54, 1.807) is 12.1 Å². The minimum absolute atomic E-state index is 0.0131. The molecule has 0 spiro atoms. The average Bonchev–Trinajstić information content (AvgIpc) is 3.12. The van der Waals surface area contributed by atoms with E-state index in [9.17, 15) is 9.90 Å². The van der Waals surface area contributed by atoms with Crippen LogP contribution in [0.4, 0.5) is 5.69 Å². The molecule has 3 rings (SSSR count). The number of furan rings is 1. The van der Waals surface area contributed by atoms with Gasteiger partial charge in [-0.25, -0.2) is 0 Å². The summed E-state index contributed by atoms with van der Waals surface area (Å²) >= 11 is 23.0. The maximum absolute atomic E-state index is 12.3. The Labute approximate surface area is 181 Å². The maximum atomic E-state index is 12.3. The number of hydrogen-bond donors (Lipinski definition) is 3. The Bertz CT molecular complexity index is 1060. The topological polar surface area (TPSA) is 74.5 Å². The highest BCUT2D eigenvalue weighted by Crippen LogP contribution is 2.34. The summed E-state index contributed by atoms with van der Waals surface area (Å²) in [6.07, 6.45) is 0.